The number of nitrogens with one attached hydrogen (secondary N) is 2. The van der Waals surface area contributed by atoms with Crippen molar-refractivity contribution in [2.75, 3.05) is 25.5 Å². The molecule has 2 N–H and O–H groups in total. The fourth-order valence-electron chi connectivity index (χ4n) is 3.57. The number of anilines is 1. The van der Waals surface area contributed by atoms with Gasteiger partial charge in [-0.15, -0.1) is 0 Å². The number of rotatable bonds is 6. The first-order valence-electron chi connectivity index (χ1n) is 9.92. The SMILES string of the molecule is C/C=C(\CC)c1ccc(NC(=O)c2ccc(C3=CCNCC3)cc2F)cc1OC. The van der Waals surface area contributed by atoms with Crippen LogP contribution in [0, 0.1) is 5.82 Å². The molecule has 1 amide bonds. The van der Waals surface area contributed by atoms with Crippen molar-refractivity contribution in [3.05, 3.63) is 71.1 Å². The molecule has 0 bridgehead atoms. The average molecular weight is 394 g/mol. The highest BCUT2D eigenvalue weighted by molar-refractivity contribution is 6.04. The summed E-state index contributed by atoms with van der Waals surface area (Å²) in [5.41, 5.74) is 4.66. The summed E-state index contributed by atoms with van der Waals surface area (Å²) in [7, 11) is 1.60. The van der Waals surface area contributed by atoms with Crippen molar-refractivity contribution in [3.63, 3.8) is 0 Å². The van der Waals surface area contributed by atoms with Crippen molar-refractivity contribution in [1.29, 1.82) is 0 Å². The lowest BCUT2D eigenvalue weighted by Gasteiger charge is -2.15. The van der Waals surface area contributed by atoms with Gasteiger partial charge in [0.2, 0.25) is 0 Å². The Balaban J connectivity index is 1.80. The average Bonchev–Trinajstić information content (AvgIpc) is 2.75. The van der Waals surface area contributed by atoms with Gasteiger partial charge in [0, 0.05) is 23.9 Å². The zero-order valence-corrected chi connectivity index (χ0v) is 17.1. The van der Waals surface area contributed by atoms with Crippen molar-refractivity contribution < 1.29 is 13.9 Å². The minimum absolute atomic E-state index is 0.0222. The second-order valence-corrected chi connectivity index (χ2v) is 6.91. The highest BCUT2D eigenvalue weighted by Gasteiger charge is 2.16. The summed E-state index contributed by atoms with van der Waals surface area (Å²) in [5.74, 6) is -0.332. The lowest BCUT2D eigenvalue weighted by molar-refractivity contribution is 0.102. The normalized spacial score (nSPS) is 14.3. The number of hydrogen-bond acceptors (Lipinski definition) is 3. The molecule has 0 aliphatic carbocycles. The molecule has 0 atom stereocenters. The lowest BCUT2D eigenvalue weighted by atomic mass is 9.98. The third kappa shape index (κ3) is 4.74. The Kier molecular flexibility index (Phi) is 6.83. The molecule has 0 spiro atoms. The Morgan fingerprint density at radius 1 is 1.24 bits per heavy atom. The van der Waals surface area contributed by atoms with E-state index in [4.69, 9.17) is 4.74 Å². The predicted octanol–water partition coefficient (Wildman–Crippen LogP) is 5.28. The Morgan fingerprint density at radius 3 is 2.66 bits per heavy atom. The minimum atomic E-state index is -0.523. The molecule has 1 aliphatic rings. The number of halogens is 1. The van der Waals surface area contributed by atoms with Gasteiger partial charge in [-0.3, -0.25) is 4.79 Å². The lowest BCUT2D eigenvalue weighted by Crippen LogP contribution is -2.20. The Hall–Kier alpha value is -2.92. The number of carbonyl (C=O) groups is 1. The maximum Gasteiger partial charge on any atom is 0.258 e. The van der Waals surface area contributed by atoms with E-state index in [0.717, 1.165) is 48.2 Å². The number of carbonyl (C=O) groups excluding carboxylic acids is 1. The summed E-state index contributed by atoms with van der Waals surface area (Å²) in [6.45, 7) is 5.72. The highest BCUT2D eigenvalue weighted by atomic mass is 19.1. The number of allylic oxidation sites excluding steroid dienone is 2. The first-order chi connectivity index (χ1) is 14.1. The van der Waals surface area contributed by atoms with Gasteiger partial charge in [-0.1, -0.05) is 25.1 Å². The van der Waals surface area contributed by atoms with E-state index >= 15 is 0 Å². The Bertz CT molecular complexity index is 963. The number of methoxy groups -OCH3 is 1. The van der Waals surface area contributed by atoms with E-state index in [1.54, 1.807) is 31.4 Å². The molecule has 152 valence electrons. The summed E-state index contributed by atoms with van der Waals surface area (Å²) < 4.78 is 20.1. The first-order valence-corrected chi connectivity index (χ1v) is 9.92. The van der Waals surface area contributed by atoms with Gasteiger partial charge in [0.05, 0.1) is 12.7 Å². The van der Waals surface area contributed by atoms with E-state index in [1.807, 2.05) is 19.1 Å². The molecule has 4 nitrogen and oxygen atoms in total. The molecule has 0 saturated carbocycles. The quantitative estimate of drug-likeness (QED) is 0.701. The smallest absolute Gasteiger partial charge is 0.258 e. The fraction of sp³-hybridized carbons (Fsp3) is 0.292. The molecule has 0 unspecified atom stereocenters. The van der Waals surface area contributed by atoms with Crippen molar-refractivity contribution in [2.24, 2.45) is 0 Å². The van der Waals surface area contributed by atoms with Crippen LogP contribution in [0.1, 0.15) is 48.2 Å². The third-order valence-electron chi connectivity index (χ3n) is 5.18. The van der Waals surface area contributed by atoms with Gasteiger partial charge in [0.25, 0.3) is 5.91 Å². The van der Waals surface area contributed by atoms with E-state index in [9.17, 15) is 9.18 Å². The topological polar surface area (TPSA) is 50.4 Å². The van der Waals surface area contributed by atoms with Crippen molar-refractivity contribution in [1.82, 2.24) is 5.32 Å². The second kappa shape index (κ2) is 9.52. The Labute approximate surface area is 171 Å². The molecular formula is C24H27FN2O2. The van der Waals surface area contributed by atoms with Gasteiger partial charge in [-0.05, 0) is 67.3 Å². The van der Waals surface area contributed by atoms with Gasteiger partial charge in [0.15, 0.2) is 0 Å². The van der Waals surface area contributed by atoms with E-state index in [2.05, 4.69) is 23.6 Å². The molecule has 2 aromatic rings. The van der Waals surface area contributed by atoms with Crippen LogP contribution in [0.5, 0.6) is 5.75 Å². The van der Waals surface area contributed by atoms with E-state index in [0.29, 0.717) is 11.4 Å². The maximum atomic E-state index is 14.6. The predicted molar refractivity (Wildman–Crippen MR) is 117 cm³/mol. The molecule has 3 rings (SSSR count). The second-order valence-electron chi connectivity index (χ2n) is 6.91. The van der Waals surface area contributed by atoms with Gasteiger partial charge in [0.1, 0.15) is 11.6 Å². The summed E-state index contributed by atoms with van der Waals surface area (Å²) in [6.07, 6.45) is 5.83. The van der Waals surface area contributed by atoms with Crippen molar-refractivity contribution in [2.45, 2.75) is 26.7 Å². The molecule has 29 heavy (non-hydrogen) atoms. The van der Waals surface area contributed by atoms with E-state index in [-0.39, 0.29) is 5.56 Å². The maximum absolute atomic E-state index is 14.6. The van der Waals surface area contributed by atoms with Crippen molar-refractivity contribution in [3.8, 4) is 5.75 Å². The molecule has 0 fully saturated rings. The number of ether oxygens (including phenoxy) is 1. The number of hydrogen-bond donors (Lipinski definition) is 2. The Morgan fingerprint density at radius 2 is 2.03 bits per heavy atom. The van der Waals surface area contributed by atoms with Crippen LogP contribution in [0.2, 0.25) is 0 Å². The fourth-order valence-corrected chi connectivity index (χ4v) is 3.57. The molecule has 0 saturated heterocycles. The molecule has 1 heterocycles. The molecular weight excluding hydrogens is 367 g/mol. The van der Waals surface area contributed by atoms with Crippen LogP contribution in [0.3, 0.4) is 0 Å². The van der Waals surface area contributed by atoms with Crippen LogP contribution in [-0.2, 0) is 0 Å². The zero-order valence-electron chi connectivity index (χ0n) is 17.1. The van der Waals surface area contributed by atoms with Gasteiger partial charge < -0.3 is 15.4 Å². The standard InChI is InChI=1S/C24H27FN2O2/c1-4-16(5-2)20-9-7-19(15-23(20)29-3)27-24(28)21-8-6-18(14-22(21)25)17-10-12-26-13-11-17/h4,6-10,14-15,26H,5,11-13H2,1-3H3,(H,27,28)/b16-4+. The van der Waals surface area contributed by atoms with E-state index in [1.165, 1.54) is 6.07 Å². The van der Waals surface area contributed by atoms with Gasteiger partial charge in [-0.25, -0.2) is 4.39 Å². The number of benzene rings is 2. The summed E-state index contributed by atoms with van der Waals surface area (Å²) >= 11 is 0. The van der Waals surface area contributed by atoms with Crippen LogP contribution in [0.15, 0.2) is 48.6 Å². The molecule has 1 aliphatic heterocycles. The summed E-state index contributed by atoms with van der Waals surface area (Å²) in [5, 5.41) is 6.01. The molecule has 0 radical (unpaired) electrons. The van der Waals surface area contributed by atoms with Gasteiger partial charge in [-0.2, -0.15) is 0 Å². The van der Waals surface area contributed by atoms with Crippen LogP contribution in [-0.4, -0.2) is 26.1 Å². The van der Waals surface area contributed by atoms with E-state index < -0.39 is 11.7 Å². The molecule has 5 heteroatoms. The molecule has 0 aromatic heterocycles. The zero-order chi connectivity index (χ0) is 20.8. The monoisotopic (exact) mass is 394 g/mol. The van der Waals surface area contributed by atoms with Crippen LogP contribution < -0.4 is 15.4 Å². The minimum Gasteiger partial charge on any atom is -0.496 e. The van der Waals surface area contributed by atoms with Crippen molar-refractivity contribution >= 4 is 22.7 Å². The van der Waals surface area contributed by atoms with Gasteiger partial charge >= 0.3 is 0 Å². The first kappa shape index (κ1) is 20.8. The van der Waals surface area contributed by atoms with Crippen LogP contribution >= 0.6 is 0 Å². The number of amides is 1. The summed E-state index contributed by atoms with van der Waals surface area (Å²) in [6, 6.07) is 10.3. The highest BCUT2D eigenvalue weighted by Crippen LogP contribution is 2.31. The third-order valence-corrected chi connectivity index (χ3v) is 5.18. The van der Waals surface area contributed by atoms with Crippen LogP contribution in [0.25, 0.3) is 11.1 Å². The van der Waals surface area contributed by atoms with Crippen LogP contribution in [0.4, 0.5) is 10.1 Å². The molecule has 2 aromatic carbocycles. The summed E-state index contributed by atoms with van der Waals surface area (Å²) in [4.78, 5) is 12.6. The largest absolute Gasteiger partial charge is 0.496 e.